The third-order valence-electron chi connectivity index (χ3n) is 9.63. The second-order valence-electron chi connectivity index (χ2n) is 17.1. The number of esters is 1. The van der Waals surface area contributed by atoms with Crippen molar-refractivity contribution in [3.05, 3.63) is 141 Å². The molecule has 0 aliphatic heterocycles. The summed E-state index contributed by atoms with van der Waals surface area (Å²) in [5, 5.41) is 18.4. The van der Waals surface area contributed by atoms with E-state index in [4.69, 9.17) is 38.8 Å². The molecule has 0 aliphatic rings. The second kappa shape index (κ2) is 48.6. The molecule has 386 valence electrons. The van der Waals surface area contributed by atoms with Gasteiger partial charge in [-0.3, -0.25) is 4.79 Å². The predicted molar refractivity (Wildman–Crippen MR) is 286 cm³/mol. The van der Waals surface area contributed by atoms with Gasteiger partial charge in [-0.15, -0.1) is 0 Å². The number of allylic oxidation sites excluding steroid dienone is 13. The topological polar surface area (TPSA) is 150 Å². The van der Waals surface area contributed by atoms with Gasteiger partial charge in [0.05, 0.1) is 25.3 Å². The summed E-state index contributed by atoms with van der Waals surface area (Å²) in [5.74, 6) is 0.729. The van der Waals surface area contributed by atoms with Gasteiger partial charge in [0, 0.05) is 5.33 Å². The molecule has 0 bridgehead atoms. The Morgan fingerprint density at radius 1 is 0.535 bits per heavy atom. The molecule has 0 aromatic heterocycles. The number of hydrogen-bond donors (Lipinski definition) is 1. The molecule has 0 atom stereocenters. The molecule has 0 spiro atoms. The van der Waals surface area contributed by atoms with Gasteiger partial charge in [-0.25, -0.2) is 9.59 Å². The summed E-state index contributed by atoms with van der Waals surface area (Å²) in [4.78, 5) is 34.7. The molecule has 0 aliphatic carbocycles. The van der Waals surface area contributed by atoms with Crippen molar-refractivity contribution in [3.8, 4) is 23.0 Å². The van der Waals surface area contributed by atoms with Crippen molar-refractivity contribution in [1.29, 1.82) is 0 Å². The van der Waals surface area contributed by atoms with Crippen molar-refractivity contribution < 1.29 is 158 Å². The molecule has 11 nitrogen and oxygen atoms in total. The number of alkyl halides is 1. The SMILES string of the molecule is CC(C)=CCC/C(C)=C/CBr.COc1ccc(C(=O)O)cc1OC/C=C(\C)CCC=C(C)C.COc1ccc(C(=O)OC/C=C(\C)CCC=C(C)C)cc1OC/C=C(\C)CCC=C(C)C.O=CO[O-].[H-].[K+].[K+]. The number of hydrogen-bond acceptors (Lipinski definition) is 10. The zero-order valence-electron chi connectivity index (χ0n) is 47.1. The number of methoxy groups -OCH3 is 2. The van der Waals surface area contributed by atoms with Crippen molar-refractivity contribution in [2.45, 2.75) is 134 Å². The maximum absolute atomic E-state index is 12.5. The Morgan fingerprint density at radius 2 is 0.859 bits per heavy atom. The molecule has 1 N–H and O–H groups in total. The van der Waals surface area contributed by atoms with E-state index in [1.807, 2.05) is 12.2 Å². The first kappa shape index (κ1) is 75.2. The van der Waals surface area contributed by atoms with E-state index in [1.165, 1.54) is 76.7 Å². The molecule has 71 heavy (non-hydrogen) atoms. The predicted octanol–water partition coefficient (Wildman–Crippen LogP) is 8.71. The maximum Gasteiger partial charge on any atom is 1.00 e. The van der Waals surface area contributed by atoms with E-state index in [0.717, 1.165) is 43.9 Å². The number of carbonyl (C=O) groups is 3. The van der Waals surface area contributed by atoms with Crippen LogP contribution in [0.25, 0.3) is 0 Å². The molecular weight excluding hydrogens is 1020 g/mol. The molecule has 0 amide bonds. The monoisotopic (exact) mass is 1100 g/mol. The van der Waals surface area contributed by atoms with Crippen LogP contribution in [0.5, 0.6) is 23.0 Å². The molecule has 2 aromatic carbocycles. The minimum Gasteiger partial charge on any atom is -1.00 e. The van der Waals surface area contributed by atoms with Crippen molar-refractivity contribution in [2.24, 2.45) is 0 Å². The first-order chi connectivity index (χ1) is 32.7. The maximum atomic E-state index is 12.5. The van der Waals surface area contributed by atoms with Gasteiger partial charge in [0.2, 0.25) is 0 Å². The van der Waals surface area contributed by atoms with Gasteiger partial charge in [0.25, 0.3) is 6.47 Å². The first-order valence-corrected chi connectivity index (χ1v) is 24.3. The third-order valence-corrected chi connectivity index (χ3v) is 9.95. The van der Waals surface area contributed by atoms with Gasteiger partial charge in [-0.05, 0) is 189 Å². The Bertz CT molecular complexity index is 2070. The van der Waals surface area contributed by atoms with Crippen molar-refractivity contribution in [2.75, 3.05) is 39.4 Å². The Morgan fingerprint density at radius 3 is 1.17 bits per heavy atom. The molecule has 2 aromatic rings. The van der Waals surface area contributed by atoms with E-state index in [0.29, 0.717) is 41.8 Å². The summed E-state index contributed by atoms with van der Waals surface area (Å²) in [6.45, 7) is 26.1. The summed E-state index contributed by atoms with van der Waals surface area (Å²) in [7, 11) is 3.12. The fraction of sp³-hybridized carbons (Fsp3) is 0.456. The number of aromatic carboxylic acids is 1. The minimum atomic E-state index is -0.985. The van der Waals surface area contributed by atoms with Gasteiger partial charge < -0.3 is 40.4 Å². The third kappa shape index (κ3) is 43.8. The van der Waals surface area contributed by atoms with Gasteiger partial charge in [0.1, 0.15) is 19.8 Å². The average Bonchev–Trinajstić information content (AvgIpc) is 3.29. The van der Waals surface area contributed by atoms with E-state index in [-0.39, 0.29) is 129 Å². The standard InChI is InChI=1S/C28H40O4.C18H24O4.C10H17Br.CH2O3.2K.H/c1-21(2)10-8-12-23(5)16-18-31-27-20-25(14-15-26(27)30-7)28(29)32-19-17-24(6)13-9-11-22(3)4;1-13(2)6-5-7-14(3)10-11-22-17-12-15(18(19)20)8-9-16(17)21-4;1-9(2)5-4-6-10(3)7-8-11;2-1-4-3;;;/h10-11,14-17,20H,8-9,12-13,18-19H2,1-7H3;6,8-10,12H,5,7,11H2,1-4H3,(H,19,20);5,7H,4,6,8H2,1-3H3;1,3H;;;/q;;;;2*+1;-1/p-1/b23-16+,24-17+;14-10+;10-7+;;;;. The molecule has 0 saturated heterocycles. The number of carboxylic acid groups (broad SMARTS) is 1. The van der Waals surface area contributed by atoms with E-state index < -0.39 is 5.97 Å². The molecule has 0 saturated carbocycles. The molecule has 0 fully saturated rings. The molecule has 0 heterocycles. The van der Waals surface area contributed by atoms with Crippen molar-refractivity contribution in [1.82, 2.24) is 0 Å². The number of carboxylic acids is 1. The van der Waals surface area contributed by atoms with Crippen LogP contribution in [0.3, 0.4) is 0 Å². The largest absolute Gasteiger partial charge is 1.00 e. The van der Waals surface area contributed by atoms with E-state index in [2.05, 4.69) is 140 Å². The van der Waals surface area contributed by atoms with Crippen LogP contribution in [0.2, 0.25) is 0 Å². The van der Waals surface area contributed by atoms with E-state index >= 15 is 0 Å². The average molecular weight is 1100 g/mol. The van der Waals surface area contributed by atoms with Crippen molar-refractivity contribution >= 4 is 34.3 Å². The van der Waals surface area contributed by atoms with Crippen LogP contribution in [-0.4, -0.2) is 62.9 Å². The van der Waals surface area contributed by atoms with E-state index in [1.54, 1.807) is 31.4 Å². The quantitative estimate of drug-likeness (QED) is 0.0183. The fourth-order valence-corrected chi connectivity index (χ4v) is 6.18. The Kier molecular flexibility index (Phi) is 51.5. The molecule has 0 radical (unpaired) electrons. The first-order valence-electron chi connectivity index (χ1n) is 23.2. The second-order valence-corrected chi connectivity index (χ2v) is 17.7. The van der Waals surface area contributed by atoms with E-state index in [9.17, 15) is 9.59 Å². The summed E-state index contributed by atoms with van der Waals surface area (Å²) in [6, 6.07) is 9.68. The van der Waals surface area contributed by atoms with Crippen LogP contribution < -0.4 is 127 Å². The van der Waals surface area contributed by atoms with Crippen LogP contribution in [0, 0.1) is 0 Å². The van der Waals surface area contributed by atoms with Gasteiger partial charge in [-0.2, -0.15) is 0 Å². The zero-order valence-corrected chi connectivity index (χ0v) is 53.9. The summed E-state index contributed by atoms with van der Waals surface area (Å²) in [5.41, 5.74) is 11.2. The van der Waals surface area contributed by atoms with Gasteiger partial charge in [0.15, 0.2) is 23.0 Å². The van der Waals surface area contributed by atoms with Crippen LogP contribution in [0.15, 0.2) is 130 Å². The summed E-state index contributed by atoms with van der Waals surface area (Å²) < 4.78 is 27.5. The molecule has 14 heteroatoms. The summed E-state index contributed by atoms with van der Waals surface area (Å²) in [6.07, 6.45) is 25.5. The van der Waals surface area contributed by atoms with Gasteiger partial charge >= 0.3 is 115 Å². The number of benzene rings is 2. The van der Waals surface area contributed by atoms with Crippen molar-refractivity contribution in [3.63, 3.8) is 0 Å². The number of ether oxygens (including phenoxy) is 5. The van der Waals surface area contributed by atoms with Crippen LogP contribution in [0.4, 0.5) is 0 Å². The number of rotatable bonds is 26. The minimum absolute atomic E-state index is 0. The summed E-state index contributed by atoms with van der Waals surface area (Å²) >= 11 is 3.38. The Balaban J connectivity index is -0.000000323. The molecule has 2 rings (SSSR count). The normalized spacial score (nSPS) is 10.7. The van der Waals surface area contributed by atoms with Crippen LogP contribution >= 0.6 is 15.9 Å². The molecule has 0 unspecified atom stereocenters. The van der Waals surface area contributed by atoms with Crippen LogP contribution in [0.1, 0.15) is 157 Å². The number of carbonyl (C=O) groups excluding carboxylic acids is 2. The Hall–Kier alpha value is -2.32. The fourth-order valence-electron chi connectivity index (χ4n) is 5.62. The zero-order chi connectivity index (χ0) is 52.6. The smallest absolute Gasteiger partial charge is 1.00 e. The van der Waals surface area contributed by atoms with Gasteiger partial charge in [-0.1, -0.05) is 90.9 Å². The molecular formula is C57H83BrK2O11. The number of halogens is 1. The van der Waals surface area contributed by atoms with Crippen LogP contribution in [-0.2, 0) is 14.4 Å². The Labute approximate surface area is 522 Å².